The van der Waals surface area contributed by atoms with E-state index < -0.39 is 12.1 Å². The van der Waals surface area contributed by atoms with Crippen molar-refractivity contribution in [2.24, 2.45) is 0 Å². The molecule has 1 aliphatic rings. The fraction of sp³-hybridized carbons (Fsp3) is 0.263. The number of hydrogen-bond acceptors (Lipinski definition) is 3. The van der Waals surface area contributed by atoms with Crippen LogP contribution < -0.4 is 10.1 Å². The molecule has 0 bridgehead atoms. The number of carbonyl (C=O) groups is 2. The van der Waals surface area contributed by atoms with Gasteiger partial charge in [-0.05, 0) is 55.7 Å². The lowest BCUT2D eigenvalue weighted by Crippen LogP contribution is -2.44. The Labute approximate surface area is 151 Å². The molecule has 0 aromatic heterocycles. The van der Waals surface area contributed by atoms with Crippen LogP contribution in [0.5, 0.6) is 5.75 Å². The lowest BCUT2D eigenvalue weighted by atomic mass is 10.1. The van der Waals surface area contributed by atoms with E-state index >= 15 is 0 Å². The zero-order valence-electron chi connectivity index (χ0n) is 13.9. The summed E-state index contributed by atoms with van der Waals surface area (Å²) in [6.45, 7) is 2.38. The standard InChI is InChI=1S/C19H19ClN2O3/c1-13-12-14(20)9-10-16(13)21-18(23)17-8-5-11-22(17)19(24)25-15-6-3-2-4-7-15/h2-4,6-7,9-10,12,17H,5,8,11H2,1H3,(H,21,23)/t17-/m1/s1. The van der Waals surface area contributed by atoms with Gasteiger partial charge in [-0.2, -0.15) is 0 Å². The molecule has 1 saturated heterocycles. The number of likely N-dealkylation sites (tertiary alicyclic amines) is 1. The number of rotatable bonds is 3. The zero-order valence-corrected chi connectivity index (χ0v) is 14.6. The summed E-state index contributed by atoms with van der Waals surface area (Å²) in [7, 11) is 0. The van der Waals surface area contributed by atoms with Gasteiger partial charge in [0.25, 0.3) is 0 Å². The van der Waals surface area contributed by atoms with Crippen molar-refractivity contribution < 1.29 is 14.3 Å². The molecule has 3 rings (SSSR count). The molecule has 2 amide bonds. The Bertz CT molecular complexity index is 779. The van der Waals surface area contributed by atoms with Crippen molar-refractivity contribution >= 4 is 29.3 Å². The van der Waals surface area contributed by atoms with Crippen LogP contribution in [0.4, 0.5) is 10.5 Å². The molecular formula is C19H19ClN2O3. The number of amides is 2. The van der Waals surface area contributed by atoms with Gasteiger partial charge in [-0.3, -0.25) is 9.69 Å². The first kappa shape index (κ1) is 17.3. The van der Waals surface area contributed by atoms with Crippen molar-refractivity contribution in [2.45, 2.75) is 25.8 Å². The van der Waals surface area contributed by atoms with Crippen molar-refractivity contribution in [2.75, 3.05) is 11.9 Å². The number of nitrogens with zero attached hydrogens (tertiary/aromatic N) is 1. The Balaban J connectivity index is 1.68. The Kier molecular flexibility index (Phi) is 5.24. The van der Waals surface area contributed by atoms with E-state index in [1.165, 1.54) is 4.90 Å². The lowest BCUT2D eigenvalue weighted by molar-refractivity contribution is -0.119. The molecule has 0 spiro atoms. The molecule has 2 aromatic carbocycles. The van der Waals surface area contributed by atoms with Crippen LogP contribution in [0.3, 0.4) is 0 Å². The van der Waals surface area contributed by atoms with Crippen molar-refractivity contribution in [1.82, 2.24) is 4.90 Å². The van der Waals surface area contributed by atoms with Crippen LogP contribution in [0.2, 0.25) is 5.02 Å². The molecular weight excluding hydrogens is 340 g/mol. The summed E-state index contributed by atoms with van der Waals surface area (Å²) in [6, 6.07) is 13.6. The van der Waals surface area contributed by atoms with E-state index in [-0.39, 0.29) is 5.91 Å². The second-order valence-corrected chi connectivity index (χ2v) is 6.42. The average Bonchev–Trinajstić information content (AvgIpc) is 3.08. The van der Waals surface area contributed by atoms with Crippen molar-refractivity contribution in [3.05, 3.63) is 59.1 Å². The number of anilines is 1. The number of hydrogen-bond donors (Lipinski definition) is 1. The summed E-state index contributed by atoms with van der Waals surface area (Å²) in [6.07, 6.45) is 0.876. The minimum Gasteiger partial charge on any atom is -0.410 e. The molecule has 1 aliphatic heterocycles. The third-order valence-corrected chi connectivity index (χ3v) is 4.42. The van der Waals surface area contributed by atoms with E-state index in [0.29, 0.717) is 29.4 Å². The number of carbonyl (C=O) groups excluding carboxylic acids is 2. The normalized spacial score (nSPS) is 16.6. The van der Waals surface area contributed by atoms with Crippen LogP contribution >= 0.6 is 11.6 Å². The molecule has 1 heterocycles. The van der Waals surface area contributed by atoms with Gasteiger partial charge in [-0.25, -0.2) is 4.79 Å². The van der Waals surface area contributed by atoms with Gasteiger partial charge >= 0.3 is 6.09 Å². The summed E-state index contributed by atoms with van der Waals surface area (Å²) in [5.41, 5.74) is 1.56. The van der Waals surface area contributed by atoms with E-state index in [9.17, 15) is 9.59 Å². The van der Waals surface area contributed by atoms with E-state index in [1.54, 1.807) is 42.5 Å². The molecule has 130 valence electrons. The Morgan fingerprint density at radius 2 is 1.96 bits per heavy atom. The zero-order chi connectivity index (χ0) is 17.8. The smallest absolute Gasteiger partial charge is 0.410 e. The number of para-hydroxylation sites is 1. The molecule has 0 saturated carbocycles. The van der Waals surface area contributed by atoms with Crippen LogP contribution in [0.25, 0.3) is 0 Å². The summed E-state index contributed by atoms with van der Waals surface area (Å²) >= 11 is 5.94. The van der Waals surface area contributed by atoms with Crippen LogP contribution in [-0.2, 0) is 4.79 Å². The van der Waals surface area contributed by atoms with E-state index in [0.717, 1.165) is 12.0 Å². The third kappa shape index (κ3) is 4.12. The average molecular weight is 359 g/mol. The first-order valence-corrected chi connectivity index (χ1v) is 8.53. The Morgan fingerprint density at radius 1 is 1.20 bits per heavy atom. The van der Waals surface area contributed by atoms with E-state index in [4.69, 9.17) is 16.3 Å². The first-order chi connectivity index (χ1) is 12.0. The number of aryl methyl sites for hydroxylation is 1. The molecule has 25 heavy (non-hydrogen) atoms. The second-order valence-electron chi connectivity index (χ2n) is 5.98. The highest BCUT2D eigenvalue weighted by atomic mass is 35.5. The highest BCUT2D eigenvalue weighted by molar-refractivity contribution is 6.30. The maximum absolute atomic E-state index is 12.6. The van der Waals surface area contributed by atoms with Gasteiger partial charge in [0.15, 0.2) is 0 Å². The van der Waals surface area contributed by atoms with Crippen LogP contribution in [0.1, 0.15) is 18.4 Å². The highest BCUT2D eigenvalue weighted by Gasteiger charge is 2.35. The molecule has 0 radical (unpaired) electrons. The first-order valence-electron chi connectivity index (χ1n) is 8.15. The van der Waals surface area contributed by atoms with Gasteiger partial charge in [0.2, 0.25) is 5.91 Å². The fourth-order valence-corrected chi connectivity index (χ4v) is 3.12. The predicted octanol–water partition coefficient (Wildman–Crippen LogP) is 4.25. The largest absolute Gasteiger partial charge is 0.415 e. The highest BCUT2D eigenvalue weighted by Crippen LogP contribution is 2.24. The second kappa shape index (κ2) is 7.57. The van der Waals surface area contributed by atoms with Crippen molar-refractivity contribution in [3.63, 3.8) is 0 Å². The van der Waals surface area contributed by atoms with E-state index in [2.05, 4.69) is 5.32 Å². The summed E-state index contributed by atoms with van der Waals surface area (Å²) in [5.74, 6) is 0.250. The fourth-order valence-electron chi connectivity index (χ4n) is 2.89. The minimum absolute atomic E-state index is 0.215. The molecule has 1 fully saturated rings. The van der Waals surface area contributed by atoms with Crippen molar-refractivity contribution in [1.29, 1.82) is 0 Å². The van der Waals surface area contributed by atoms with Gasteiger partial charge in [-0.15, -0.1) is 0 Å². The Morgan fingerprint density at radius 3 is 2.68 bits per heavy atom. The van der Waals surface area contributed by atoms with Gasteiger partial charge in [0.05, 0.1) is 0 Å². The molecule has 1 atom stereocenters. The Hall–Kier alpha value is -2.53. The third-order valence-electron chi connectivity index (χ3n) is 4.18. The molecule has 2 aromatic rings. The SMILES string of the molecule is Cc1cc(Cl)ccc1NC(=O)[C@H]1CCCN1C(=O)Oc1ccccc1. The number of benzene rings is 2. The maximum Gasteiger partial charge on any atom is 0.415 e. The maximum atomic E-state index is 12.6. The predicted molar refractivity (Wildman–Crippen MR) is 97.0 cm³/mol. The van der Waals surface area contributed by atoms with E-state index in [1.807, 2.05) is 13.0 Å². The van der Waals surface area contributed by atoms with Crippen LogP contribution in [0, 0.1) is 6.92 Å². The number of ether oxygens (including phenoxy) is 1. The molecule has 6 heteroatoms. The van der Waals surface area contributed by atoms with Gasteiger partial charge < -0.3 is 10.1 Å². The van der Waals surface area contributed by atoms with Gasteiger partial charge in [0.1, 0.15) is 11.8 Å². The minimum atomic E-state index is -0.536. The summed E-state index contributed by atoms with van der Waals surface area (Å²) in [4.78, 5) is 26.5. The topological polar surface area (TPSA) is 58.6 Å². The van der Waals surface area contributed by atoms with Crippen LogP contribution in [-0.4, -0.2) is 29.5 Å². The summed E-state index contributed by atoms with van der Waals surface area (Å²) < 4.78 is 5.36. The van der Waals surface area contributed by atoms with Gasteiger partial charge in [-0.1, -0.05) is 29.8 Å². The number of nitrogens with one attached hydrogen (secondary N) is 1. The lowest BCUT2D eigenvalue weighted by Gasteiger charge is -2.23. The molecule has 5 nitrogen and oxygen atoms in total. The van der Waals surface area contributed by atoms with Crippen molar-refractivity contribution in [3.8, 4) is 5.75 Å². The molecule has 0 unspecified atom stereocenters. The molecule has 1 N–H and O–H groups in total. The summed E-state index contributed by atoms with van der Waals surface area (Å²) in [5, 5.41) is 3.50. The monoisotopic (exact) mass is 358 g/mol. The van der Waals surface area contributed by atoms with Crippen LogP contribution in [0.15, 0.2) is 48.5 Å². The molecule has 0 aliphatic carbocycles. The van der Waals surface area contributed by atoms with Gasteiger partial charge in [0, 0.05) is 17.3 Å². The number of halogens is 1. The quantitative estimate of drug-likeness (QED) is 0.892.